The Morgan fingerprint density at radius 3 is 2.40 bits per heavy atom. The van der Waals surface area contributed by atoms with Crippen LogP contribution in [0.15, 0.2) is 40.6 Å². The first-order chi connectivity index (χ1) is 11.8. The molecule has 0 aliphatic heterocycles. The Kier molecular flexibility index (Phi) is 6.57. The van der Waals surface area contributed by atoms with E-state index in [4.69, 9.17) is 4.74 Å². The molecule has 1 aromatic carbocycles. The molecule has 0 bridgehead atoms. The van der Waals surface area contributed by atoms with Crippen LogP contribution in [0.4, 0.5) is 0 Å². The Balaban J connectivity index is 1.90. The molecule has 2 rings (SSSR count). The number of carbonyl (C=O) groups excluding carboxylic acids is 1. The van der Waals surface area contributed by atoms with E-state index < -0.39 is 15.9 Å². The van der Waals surface area contributed by atoms with Crippen LogP contribution < -0.4 is 15.0 Å². The quantitative estimate of drug-likeness (QED) is 0.687. The summed E-state index contributed by atoms with van der Waals surface area (Å²) in [5, 5.41) is 0. The van der Waals surface area contributed by atoms with Gasteiger partial charge in [-0.15, -0.1) is 16.2 Å². The standard InChI is InChI=1S/C17H22N2O4S2/c1-12(2)10-11-23-15-7-5-14(6-8-15)17(20)18-19-25(21,22)16-9-4-13(3)24-16/h4-9,12,19H,10-11H2,1-3H3,(H,18,20). The lowest BCUT2D eigenvalue weighted by atomic mass is 10.1. The molecule has 0 aliphatic carbocycles. The van der Waals surface area contributed by atoms with Crippen LogP contribution in [0.25, 0.3) is 0 Å². The average molecular weight is 383 g/mol. The number of ether oxygens (including phenoxy) is 1. The zero-order chi connectivity index (χ0) is 18.4. The number of rotatable bonds is 8. The van der Waals surface area contributed by atoms with E-state index in [1.165, 1.54) is 6.07 Å². The van der Waals surface area contributed by atoms with Crippen molar-refractivity contribution in [3.05, 3.63) is 46.8 Å². The van der Waals surface area contributed by atoms with E-state index >= 15 is 0 Å². The molecule has 25 heavy (non-hydrogen) atoms. The molecule has 0 saturated heterocycles. The van der Waals surface area contributed by atoms with Gasteiger partial charge in [0.05, 0.1) is 6.61 Å². The van der Waals surface area contributed by atoms with E-state index in [1.807, 2.05) is 6.92 Å². The number of amides is 1. The highest BCUT2D eigenvalue weighted by atomic mass is 32.2. The molecule has 6 nitrogen and oxygen atoms in total. The molecule has 0 fully saturated rings. The monoisotopic (exact) mass is 382 g/mol. The highest BCUT2D eigenvalue weighted by molar-refractivity contribution is 7.91. The number of aryl methyl sites for hydroxylation is 1. The van der Waals surface area contributed by atoms with Crippen LogP contribution >= 0.6 is 11.3 Å². The van der Waals surface area contributed by atoms with Gasteiger partial charge in [-0.25, -0.2) is 8.42 Å². The Morgan fingerprint density at radius 2 is 1.84 bits per heavy atom. The van der Waals surface area contributed by atoms with Gasteiger partial charge in [-0.2, -0.15) is 0 Å². The lowest BCUT2D eigenvalue weighted by Gasteiger charge is -2.09. The van der Waals surface area contributed by atoms with E-state index in [2.05, 4.69) is 24.1 Å². The fourth-order valence-electron chi connectivity index (χ4n) is 1.91. The average Bonchev–Trinajstić information content (AvgIpc) is 3.00. The molecule has 8 heteroatoms. The van der Waals surface area contributed by atoms with Crippen molar-refractivity contribution >= 4 is 27.3 Å². The molecule has 1 aromatic heterocycles. The fraction of sp³-hybridized carbons (Fsp3) is 0.353. The maximum absolute atomic E-state index is 12.1. The number of hydrogen-bond donors (Lipinski definition) is 2. The van der Waals surface area contributed by atoms with Crippen molar-refractivity contribution < 1.29 is 17.9 Å². The Hall–Kier alpha value is -1.90. The van der Waals surface area contributed by atoms with E-state index in [-0.39, 0.29) is 4.21 Å². The van der Waals surface area contributed by atoms with Crippen molar-refractivity contribution in [2.24, 2.45) is 5.92 Å². The summed E-state index contributed by atoms with van der Waals surface area (Å²) in [6.07, 6.45) is 0.951. The number of sulfonamides is 1. The molecule has 1 amide bonds. The van der Waals surface area contributed by atoms with Gasteiger partial charge < -0.3 is 4.74 Å². The molecule has 0 atom stereocenters. The summed E-state index contributed by atoms with van der Waals surface area (Å²) in [6, 6.07) is 9.75. The molecule has 2 aromatic rings. The molecule has 0 aliphatic rings. The van der Waals surface area contributed by atoms with Gasteiger partial charge in [0.2, 0.25) is 0 Å². The smallest absolute Gasteiger partial charge is 0.266 e. The van der Waals surface area contributed by atoms with E-state index in [0.717, 1.165) is 22.6 Å². The van der Waals surface area contributed by atoms with Crippen LogP contribution in [0.5, 0.6) is 5.75 Å². The lowest BCUT2D eigenvalue weighted by molar-refractivity contribution is 0.0945. The largest absolute Gasteiger partial charge is 0.494 e. The molecular weight excluding hydrogens is 360 g/mol. The van der Waals surface area contributed by atoms with Gasteiger partial charge in [-0.1, -0.05) is 13.8 Å². The third-order valence-corrected chi connectivity index (χ3v) is 6.10. The van der Waals surface area contributed by atoms with E-state index in [1.54, 1.807) is 30.3 Å². The van der Waals surface area contributed by atoms with Crippen LogP contribution in [0.1, 0.15) is 35.5 Å². The van der Waals surface area contributed by atoms with Crippen molar-refractivity contribution in [3.8, 4) is 5.75 Å². The van der Waals surface area contributed by atoms with Gasteiger partial charge >= 0.3 is 0 Å². The van der Waals surface area contributed by atoms with Crippen molar-refractivity contribution in [3.63, 3.8) is 0 Å². The van der Waals surface area contributed by atoms with Gasteiger partial charge in [0.25, 0.3) is 15.9 Å². The summed E-state index contributed by atoms with van der Waals surface area (Å²) < 4.78 is 29.9. The SMILES string of the molecule is Cc1ccc(S(=O)(=O)NNC(=O)c2ccc(OCCC(C)C)cc2)s1. The first kappa shape index (κ1) is 19.4. The van der Waals surface area contributed by atoms with Gasteiger partial charge in [0.1, 0.15) is 9.96 Å². The normalized spacial score (nSPS) is 11.5. The maximum Gasteiger partial charge on any atom is 0.266 e. The first-order valence-electron chi connectivity index (χ1n) is 7.89. The topological polar surface area (TPSA) is 84.5 Å². The van der Waals surface area contributed by atoms with Crippen LogP contribution in [0.3, 0.4) is 0 Å². The molecule has 0 spiro atoms. The molecule has 1 heterocycles. The van der Waals surface area contributed by atoms with Gasteiger partial charge in [-0.05, 0) is 55.7 Å². The Bertz CT molecular complexity index is 811. The minimum absolute atomic E-state index is 0.152. The minimum Gasteiger partial charge on any atom is -0.494 e. The second-order valence-corrected chi connectivity index (χ2v) is 9.18. The second kappa shape index (κ2) is 8.46. The van der Waals surface area contributed by atoms with Crippen molar-refractivity contribution in [2.75, 3.05) is 6.61 Å². The zero-order valence-electron chi connectivity index (χ0n) is 14.4. The Morgan fingerprint density at radius 1 is 1.16 bits per heavy atom. The van der Waals surface area contributed by atoms with Crippen molar-refractivity contribution in [1.82, 2.24) is 10.3 Å². The lowest BCUT2D eigenvalue weighted by Crippen LogP contribution is -2.41. The molecular formula is C17H22N2O4S2. The zero-order valence-corrected chi connectivity index (χ0v) is 16.0. The summed E-state index contributed by atoms with van der Waals surface area (Å²) >= 11 is 1.14. The molecule has 2 N–H and O–H groups in total. The maximum atomic E-state index is 12.1. The number of nitrogens with one attached hydrogen (secondary N) is 2. The minimum atomic E-state index is -3.76. The second-order valence-electron chi connectivity index (χ2n) is 5.98. The Labute approximate surface area is 152 Å². The van der Waals surface area contributed by atoms with E-state index in [0.29, 0.717) is 23.8 Å². The van der Waals surface area contributed by atoms with Crippen LogP contribution in [-0.4, -0.2) is 20.9 Å². The summed E-state index contributed by atoms with van der Waals surface area (Å²) in [4.78, 5) is 15.0. The predicted octanol–water partition coefficient (Wildman–Crippen LogP) is 3.10. The number of hydrogen-bond acceptors (Lipinski definition) is 5. The fourth-order valence-corrected chi connectivity index (χ4v) is 4.03. The molecule has 0 saturated carbocycles. The van der Waals surface area contributed by atoms with Gasteiger partial charge in [-0.3, -0.25) is 10.2 Å². The van der Waals surface area contributed by atoms with Crippen LogP contribution in [0.2, 0.25) is 0 Å². The number of benzene rings is 1. The molecule has 136 valence electrons. The highest BCUT2D eigenvalue weighted by Crippen LogP contribution is 2.20. The van der Waals surface area contributed by atoms with Crippen LogP contribution in [-0.2, 0) is 10.0 Å². The summed E-state index contributed by atoms with van der Waals surface area (Å²) in [7, 11) is -3.76. The van der Waals surface area contributed by atoms with Crippen LogP contribution in [0, 0.1) is 12.8 Å². The van der Waals surface area contributed by atoms with Gasteiger partial charge in [0, 0.05) is 10.4 Å². The number of carbonyl (C=O) groups is 1. The first-order valence-corrected chi connectivity index (χ1v) is 10.2. The summed E-state index contributed by atoms with van der Waals surface area (Å²) in [5.41, 5.74) is 2.55. The third kappa shape index (κ3) is 5.84. The third-order valence-electron chi connectivity index (χ3n) is 3.36. The van der Waals surface area contributed by atoms with E-state index in [9.17, 15) is 13.2 Å². The predicted molar refractivity (Wildman–Crippen MR) is 98.2 cm³/mol. The molecule has 0 radical (unpaired) electrons. The summed E-state index contributed by atoms with van der Waals surface area (Å²) in [5.74, 6) is 0.697. The van der Waals surface area contributed by atoms with Crippen molar-refractivity contribution in [2.45, 2.75) is 31.4 Å². The number of thiophene rings is 1. The summed E-state index contributed by atoms with van der Waals surface area (Å²) in [6.45, 7) is 6.67. The highest BCUT2D eigenvalue weighted by Gasteiger charge is 2.17. The number of hydrazine groups is 1. The van der Waals surface area contributed by atoms with Crippen molar-refractivity contribution in [1.29, 1.82) is 0 Å². The molecule has 0 unspecified atom stereocenters. The van der Waals surface area contributed by atoms with Gasteiger partial charge in [0.15, 0.2) is 0 Å².